The molecule has 2 rings (SSSR count). The van der Waals surface area contributed by atoms with E-state index in [2.05, 4.69) is 5.32 Å². The quantitative estimate of drug-likeness (QED) is 0.698. The monoisotopic (exact) mass is 400 g/mol. The van der Waals surface area contributed by atoms with Crippen LogP contribution in [0.25, 0.3) is 0 Å². The third-order valence-corrected chi connectivity index (χ3v) is 4.60. The third kappa shape index (κ3) is 6.31. The number of hydrogen-bond acceptors (Lipinski definition) is 3. The first kappa shape index (κ1) is 22.4. The van der Waals surface area contributed by atoms with Crippen molar-refractivity contribution in [3.8, 4) is 5.75 Å². The predicted octanol–water partition coefficient (Wildman–Crippen LogP) is 3.71. The van der Waals surface area contributed by atoms with Crippen LogP contribution in [0.15, 0.2) is 48.5 Å². The van der Waals surface area contributed by atoms with Crippen LogP contribution in [0.5, 0.6) is 5.75 Å². The second-order valence-electron chi connectivity index (χ2n) is 7.23. The van der Waals surface area contributed by atoms with Gasteiger partial charge in [0, 0.05) is 12.6 Å². The Hall–Kier alpha value is -2.89. The van der Waals surface area contributed by atoms with Crippen LogP contribution in [0.3, 0.4) is 0 Å². The van der Waals surface area contributed by atoms with Crippen molar-refractivity contribution < 1.29 is 18.7 Å². The maximum absolute atomic E-state index is 14.1. The molecule has 156 valence electrons. The number of halogens is 1. The van der Waals surface area contributed by atoms with E-state index in [-0.39, 0.29) is 30.8 Å². The summed E-state index contributed by atoms with van der Waals surface area (Å²) < 4.78 is 19.3. The molecule has 6 heteroatoms. The fourth-order valence-electron chi connectivity index (χ4n) is 3.17. The van der Waals surface area contributed by atoms with Gasteiger partial charge in [-0.15, -0.1) is 0 Å². The van der Waals surface area contributed by atoms with E-state index in [1.54, 1.807) is 25.3 Å². The Labute approximate surface area is 171 Å². The zero-order chi connectivity index (χ0) is 21.4. The molecule has 0 aromatic heterocycles. The molecule has 0 radical (unpaired) electrons. The Kier molecular flexibility index (Phi) is 8.19. The minimum absolute atomic E-state index is 0.0445. The second-order valence-corrected chi connectivity index (χ2v) is 7.23. The van der Waals surface area contributed by atoms with Gasteiger partial charge in [0.25, 0.3) is 0 Å². The SMILES string of the molecule is CC[C@H](C(=O)NC(C)C)N(Cc1cccc(OC)c1)C(=O)Cc1ccccc1F. The number of rotatable bonds is 9. The third-order valence-electron chi connectivity index (χ3n) is 4.60. The van der Waals surface area contributed by atoms with Gasteiger partial charge in [0.2, 0.25) is 11.8 Å². The number of ether oxygens (including phenoxy) is 1. The average molecular weight is 400 g/mol. The minimum atomic E-state index is -0.650. The largest absolute Gasteiger partial charge is 0.497 e. The Morgan fingerprint density at radius 3 is 2.48 bits per heavy atom. The van der Waals surface area contributed by atoms with Crippen LogP contribution in [0.4, 0.5) is 4.39 Å². The van der Waals surface area contributed by atoms with Crippen LogP contribution in [0.2, 0.25) is 0 Å². The van der Waals surface area contributed by atoms with Crippen molar-refractivity contribution in [2.45, 2.75) is 52.2 Å². The maximum Gasteiger partial charge on any atom is 0.243 e. The lowest BCUT2D eigenvalue weighted by Crippen LogP contribution is -2.50. The van der Waals surface area contributed by atoms with Crippen LogP contribution < -0.4 is 10.1 Å². The minimum Gasteiger partial charge on any atom is -0.497 e. The molecular weight excluding hydrogens is 371 g/mol. The standard InChI is InChI=1S/C23H29FN2O3/c1-5-21(23(28)25-16(2)3)26(15-17-9-8-11-19(13-17)29-4)22(27)14-18-10-6-7-12-20(18)24/h6-13,16,21H,5,14-15H2,1-4H3,(H,25,28)/t21-/m1/s1. The second kappa shape index (κ2) is 10.6. The van der Waals surface area contributed by atoms with Crippen molar-refractivity contribution in [1.82, 2.24) is 10.2 Å². The molecule has 0 spiro atoms. The number of nitrogens with one attached hydrogen (secondary N) is 1. The average Bonchev–Trinajstić information content (AvgIpc) is 2.69. The summed E-state index contributed by atoms with van der Waals surface area (Å²) in [5.41, 5.74) is 1.15. The van der Waals surface area contributed by atoms with E-state index in [4.69, 9.17) is 4.74 Å². The fraction of sp³-hybridized carbons (Fsp3) is 0.391. The Morgan fingerprint density at radius 1 is 1.14 bits per heavy atom. The molecule has 0 aliphatic rings. The summed E-state index contributed by atoms with van der Waals surface area (Å²) in [5.74, 6) is -0.276. The molecule has 0 saturated carbocycles. The van der Waals surface area contributed by atoms with Gasteiger partial charge in [-0.25, -0.2) is 4.39 Å². The molecule has 0 saturated heterocycles. The maximum atomic E-state index is 14.1. The lowest BCUT2D eigenvalue weighted by atomic mass is 10.1. The van der Waals surface area contributed by atoms with E-state index in [1.165, 1.54) is 11.0 Å². The summed E-state index contributed by atoms with van der Waals surface area (Å²) in [5, 5.41) is 2.88. The number of methoxy groups -OCH3 is 1. The number of carbonyl (C=O) groups is 2. The van der Waals surface area contributed by atoms with Gasteiger partial charge in [0.15, 0.2) is 0 Å². The van der Waals surface area contributed by atoms with Crippen molar-refractivity contribution in [2.24, 2.45) is 0 Å². The highest BCUT2D eigenvalue weighted by Crippen LogP contribution is 2.19. The number of benzene rings is 2. The van der Waals surface area contributed by atoms with Crippen LogP contribution in [0, 0.1) is 5.82 Å². The first-order valence-electron chi connectivity index (χ1n) is 9.81. The molecule has 0 heterocycles. The fourth-order valence-corrected chi connectivity index (χ4v) is 3.17. The number of nitrogens with zero attached hydrogens (tertiary/aromatic N) is 1. The molecule has 1 N–H and O–H groups in total. The van der Waals surface area contributed by atoms with Gasteiger partial charge in [0.1, 0.15) is 17.6 Å². The molecule has 2 amide bonds. The summed E-state index contributed by atoms with van der Waals surface area (Å²) in [6.07, 6.45) is 0.341. The first-order valence-corrected chi connectivity index (χ1v) is 9.81. The van der Waals surface area contributed by atoms with Crippen LogP contribution in [-0.4, -0.2) is 35.9 Å². The van der Waals surface area contributed by atoms with Gasteiger partial charge in [-0.2, -0.15) is 0 Å². The number of hydrogen-bond donors (Lipinski definition) is 1. The van der Waals surface area contributed by atoms with Crippen LogP contribution in [-0.2, 0) is 22.6 Å². The molecule has 2 aromatic carbocycles. The van der Waals surface area contributed by atoms with Crippen LogP contribution in [0.1, 0.15) is 38.3 Å². The highest BCUT2D eigenvalue weighted by atomic mass is 19.1. The smallest absolute Gasteiger partial charge is 0.243 e. The Morgan fingerprint density at radius 2 is 1.86 bits per heavy atom. The van der Waals surface area contributed by atoms with Crippen molar-refractivity contribution in [1.29, 1.82) is 0 Å². The van der Waals surface area contributed by atoms with E-state index in [9.17, 15) is 14.0 Å². The highest BCUT2D eigenvalue weighted by molar-refractivity contribution is 5.88. The first-order chi connectivity index (χ1) is 13.8. The predicted molar refractivity (Wildman–Crippen MR) is 111 cm³/mol. The van der Waals surface area contributed by atoms with E-state index in [1.807, 2.05) is 45.0 Å². The summed E-state index contributed by atoms with van der Waals surface area (Å²) in [6, 6.07) is 12.9. The molecule has 0 fully saturated rings. The molecule has 0 bridgehead atoms. The van der Waals surface area contributed by atoms with E-state index < -0.39 is 11.9 Å². The van der Waals surface area contributed by atoms with E-state index in [0.717, 1.165) is 5.56 Å². The van der Waals surface area contributed by atoms with Gasteiger partial charge in [0.05, 0.1) is 13.5 Å². The molecule has 29 heavy (non-hydrogen) atoms. The lowest BCUT2D eigenvalue weighted by Gasteiger charge is -2.31. The highest BCUT2D eigenvalue weighted by Gasteiger charge is 2.29. The number of carbonyl (C=O) groups excluding carboxylic acids is 2. The normalized spacial score (nSPS) is 11.8. The summed E-state index contributed by atoms with van der Waals surface area (Å²) >= 11 is 0. The summed E-state index contributed by atoms with van der Waals surface area (Å²) in [7, 11) is 1.57. The van der Waals surface area contributed by atoms with E-state index >= 15 is 0 Å². The molecule has 1 atom stereocenters. The zero-order valence-corrected chi connectivity index (χ0v) is 17.4. The lowest BCUT2D eigenvalue weighted by molar-refractivity contribution is -0.141. The molecular formula is C23H29FN2O3. The van der Waals surface area contributed by atoms with Gasteiger partial charge in [-0.1, -0.05) is 37.3 Å². The van der Waals surface area contributed by atoms with E-state index in [0.29, 0.717) is 17.7 Å². The molecule has 2 aromatic rings. The van der Waals surface area contributed by atoms with Crippen molar-refractivity contribution in [2.75, 3.05) is 7.11 Å². The van der Waals surface area contributed by atoms with Gasteiger partial charge in [-0.05, 0) is 49.6 Å². The summed E-state index contributed by atoms with van der Waals surface area (Å²) in [4.78, 5) is 27.4. The molecule has 0 unspecified atom stereocenters. The number of amides is 2. The van der Waals surface area contributed by atoms with Gasteiger partial charge >= 0.3 is 0 Å². The Balaban J connectivity index is 2.33. The van der Waals surface area contributed by atoms with Crippen molar-refractivity contribution >= 4 is 11.8 Å². The Bertz CT molecular complexity index is 838. The summed E-state index contributed by atoms with van der Waals surface area (Å²) in [6.45, 7) is 5.84. The van der Waals surface area contributed by atoms with Crippen molar-refractivity contribution in [3.05, 3.63) is 65.5 Å². The van der Waals surface area contributed by atoms with Gasteiger partial charge in [-0.3, -0.25) is 9.59 Å². The molecule has 0 aliphatic heterocycles. The molecule has 0 aliphatic carbocycles. The van der Waals surface area contributed by atoms with Gasteiger partial charge < -0.3 is 15.0 Å². The topological polar surface area (TPSA) is 58.6 Å². The zero-order valence-electron chi connectivity index (χ0n) is 17.4. The van der Waals surface area contributed by atoms with Crippen LogP contribution >= 0.6 is 0 Å². The molecule has 5 nitrogen and oxygen atoms in total. The van der Waals surface area contributed by atoms with Crippen molar-refractivity contribution in [3.63, 3.8) is 0 Å².